The molecule has 2 aromatic carbocycles. The van der Waals surface area contributed by atoms with Crippen molar-refractivity contribution in [3.8, 4) is 11.5 Å². The predicted octanol–water partition coefficient (Wildman–Crippen LogP) is 1.80. The maximum absolute atomic E-state index is 12.6. The summed E-state index contributed by atoms with van der Waals surface area (Å²) < 4.78 is 10.7. The lowest BCUT2D eigenvalue weighted by atomic mass is 10.1. The van der Waals surface area contributed by atoms with Crippen LogP contribution in [0.5, 0.6) is 11.5 Å². The van der Waals surface area contributed by atoms with Crippen molar-refractivity contribution in [2.45, 2.75) is 18.6 Å². The molecule has 0 saturated carbocycles. The van der Waals surface area contributed by atoms with Crippen molar-refractivity contribution in [3.63, 3.8) is 0 Å². The standard InChI is InChI=1S/C17H15NO4/c19-13-8-10-4-1-2-5-11(10)15(13)18-17(20)12-6-3-7-14-16(12)22-9-21-14/h1-7,13,15,19H,8-9H2,(H,18,20)/t13-,15+/m1/s1. The summed E-state index contributed by atoms with van der Waals surface area (Å²) in [4.78, 5) is 12.6. The highest BCUT2D eigenvalue weighted by molar-refractivity contribution is 5.98. The van der Waals surface area contributed by atoms with E-state index in [1.54, 1.807) is 18.2 Å². The van der Waals surface area contributed by atoms with Crippen LogP contribution in [0.2, 0.25) is 0 Å². The Morgan fingerprint density at radius 1 is 1.14 bits per heavy atom. The Morgan fingerprint density at radius 3 is 2.91 bits per heavy atom. The highest BCUT2D eigenvalue weighted by Gasteiger charge is 2.33. The fraction of sp³-hybridized carbons (Fsp3) is 0.235. The number of carbonyl (C=O) groups excluding carboxylic acids is 1. The van der Waals surface area contributed by atoms with Crippen molar-refractivity contribution in [1.29, 1.82) is 0 Å². The number of carbonyl (C=O) groups is 1. The zero-order valence-corrected chi connectivity index (χ0v) is 11.8. The molecule has 0 saturated heterocycles. The van der Waals surface area contributed by atoms with E-state index in [4.69, 9.17) is 9.47 Å². The summed E-state index contributed by atoms with van der Waals surface area (Å²) in [6, 6.07) is 12.6. The lowest BCUT2D eigenvalue weighted by molar-refractivity contribution is 0.0854. The highest BCUT2D eigenvalue weighted by Crippen LogP contribution is 2.36. The zero-order chi connectivity index (χ0) is 15.1. The number of amides is 1. The van der Waals surface area contributed by atoms with Crippen LogP contribution in [0.25, 0.3) is 0 Å². The third kappa shape index (κ3) is 2.02. The van der Waals surface area contributed by atoms with Gasteiger partial charge in [-0.05, 0) is 23.3 Å². The predicted molar refractivity (Wildman–Crippen MR) is 78.9 cm³/mol. The maximum Gasteiger partial charge on any atom is 0.255 e. The topological polar surface area (TPSA) is 67.8 Å². The quantitative estimate of drug-likeness (QED) is 0.887. The first-order valence-corrected chi connectivity index (χ1v) is 7.19. The third-order valence-electron chi connectivity index (χ3n) is 4.13. The molecule has 0 bridgehead atoms. The number of hydrogen-bond acceptors (Lipinski definition) is 4. The largest absolute Gasteiger partial charge is 0.454 e. The van der Waals surface area contributed by atoms with Crippen LogP contribution in [0.3, 0.4) is 0 Å². The molecule has 0 aromatic heterocycles. The van der Waals surface area contributed by atoms with E-state index < -0.39 is 12.1 Å². The van der Waals surface area contributed by atoms with Crippen molar-refractivity contribution < 1.29 is 19.4 Å². The van der Waals surface area contributed by atoms with Crippen molar-refractivity contribution in [2.24, 2.45) is 0 Å². The molecule has 22 heavy (non-hydrogen) atoms. The molecule has 1 amide bonds. The van der Waals surface area contributed by atoms with Gasteiger partial charge >= 0.3 is 0 Å². The van der Waals surface area contributed by atoms with E-state index in [1.807, 2.05) is 24.3 Å². The molecule has 0 fully saturated rings. The van der Waals surface area contributed by atoms with Gasteiger partial charge in [0.15, 0.2) is 11.5 Å². The van der Waals surface area contributed by atoms with Crippen LogP contribution >= 0.6 is 0 Å². The Balaban J connectivity index is 1.62. The van der Waals surface area contributed by atoms with Gasteiger partial charge in [0.05, 0.1) is 17.7 Å². The molecule has 1 aliphatic carbocycles. The molecule has 2 aliphatic rings. The Morgan fingerprint density at radius 2 is 2.00 bits per heavy atom. The summed E-state index contributed by atoms with van der Waals surface area (Å²) in [7, 11) is 0. The molecule has 5 nitrogen and oxygen atoms in total. The fourth-order valence-electron chi connectivity index (χ4n) is 3.08. The number of benzene rings is 2. The molecule has 1 heterocycles. The van der Waals surface area contributed by atoms with Gasteiger partial charge < -0.3 is 19.9 Å². The molecule has 4 rings (SSSR count). The number of aliphatic hydroxyl groups excluding tert-OH is 1. The van der Waals surface area contributed by atoms with Gasteiger partial charge in [0.2, 0.25) is 6.79 Å². The smallest absolute Gasteiger partial charge is 0.255 e. The van der Waals surface area contributed by atoms with Crippen molar-refractivity contribution in [3.05, 3.63) is 59.2 Å². The van der Waals surface area contributed by atoms with Crippen molar-refractivity contribution in [2.75, 3.05) is 6.79 Å². The van der Waals surface area contributed by atoms with E-state index in [2.05, 4.69) is 5.32 Å². The second-order valence-corrected chi connectivity index (χ2v) is 5.46. The van der Waals surface area contributed by atoms with E-state index in [1.165, 1.54) is 0 Å². The number of para-hydroxylation sites is 1. The molecular weight excluding hydrogens is 282 g/mol. The van der Waals surface area contributed by atoms with Crippen LogP contribution in [-0.2, 0) is 6.42 Å². The monoisotopic (exact) mass is 297 g/mol. The summed E-state index contributed by atoms with van der Waals surface area (Å²) in [5, 5.41) is 13.1. The maximum atomic E-state index is 12.6. The molecule has 5 heteroatoms. The molecule has 0 unspecified atom stereocenters. The van der Waals surface area contributed by atoms with Crippen LogP contribution in [0, 0.1) is 0 Å². The van der Waals surface area contributed by atoms with E-state index in [-0.39, 0.29) is 12.7 Å². The van der Waals surface area contributed by atoms with Gasteiger partial charge in [-0.2, -0.15) is 0 Å². The van der Waals surface area contributed by atoms with Crippen molar-refractivity contribution in [1.82, 2.24) is 5.32 Å². The lowest BCUT2D eigenvalue weighted by Gasteiger charge is -2.18. The van der Waals surface area contributed by atoms with Crippen LogP contribution in [-0.4, -0.2) is 23.9 Å². The second-order valence-electron chi connectivity index (χ2n) is 5.46. The molecular formula is C17H15NO4. The Labute approximate surface area is 127 Å². The molecule has 2 atom stereocenters. The van der Waals surface area contributed by atoms with Gasteiger partial charge in [-0.25, -0.2) is 0 Å². The zero-order valence-electron chi connectivity index (χ0n) is 11.8. The van der Waals surface area contributed by atoms with E-state index in [9.17, 15) is 9.90 Å². The number of fused-ring (bicyclic) bond motifs is 2. The molecule has 1 aliphatic heterocycles. The average molecular weight is 297 g/mol. The minimum absolute atomic E-state index is 0.120. The Hall–Kier alpha value is -2.53. The number of ether oxygens (including phenoxy) is 2. The number of rotatable bonds is 2. The third-order valence-corrected chi connectivity index (χ3v) is 4.13. The van der Waals surface area contributed by atoms with Crippen LogP contribution in [0.15, 0.2) is 42.5 Å². The normalized spacial score (nSPS) is 21.5. The van der Waals surface area contributed by atoms with Crippen LogP contribution in [0.4, 0.5) is 0 Å². The minimum atomic E-state index is -0.615. The van der Waals surface area contributed by atoms with E-state index in [0.717, 1.165) is 11.1 Å². The van der Waals surface area contributed by atoms with Gasteiger partial charge in [0, 0.05) is 6.42 Å². The average Bonchev–Trinajstić information content (AvgIpc) is 3.12. The summed E-state index contributed by atoms with van der Waals surface area (Å²) in [5.41, 5.74) is 2.46. The van der Waals surface area contributed by atoms with Crippen LogP contribution in [0.1, 0.15) is 27.5 Å². The van der Waals surface area contributed by atoms with Crippen molar-refractivity contribution >= 4 is 5.91 Å². The minimum Gasteiger partial charge on any atom is -0.454 e. The number of hydrogen-bond donors (Lipinski definition) is 2. The van der Waals surface area contributed by atoms with Gasteiger partial charge in [-0.3, -0.25) is 4.79 Å². The Bertz CT molecular complexity index is 743. The van der Waals surface area contributed by atoms with Crippen LogP contribution < -0.4 is 14.8 Å². The summed E-state index contributed by atoms with van der Waals surface area (Å²) in [6.45, 7) is 0.120. The van der Waals surface area contributed by atoms with E-state index >= 15 is 0 Å². The summed E-state index contributed by atoms with van der Waals surface area (Å²) in [6.07, 6.45) is -0.0662. The lowest BCUT2D eigenvalue weighted by Crippen LogP contribution is -2.34. The molecule has 112 valence electrons. The Kier molecular flexibility index (Phi) is 3.01. The molecule has 2 N–H and O–H groups in total. The number of aliphatic hydroxyl groups is 1. The number of nitrogens with one attached hydrogen (secondary N) is 1. The molecule has 0 radical (unpaired) electrons. The second kappa shape index (κ2) is 5.03. The van der Waals surface area contributed by atoms with Gasteiger partial charge in [-0.1, -0.05) is 30.3 Å². The first-order chi connectivity index (χ1) is 10.7. The van der Waals surface area contributed by atoms with Gasteiger partial charge in [0.25, 0.3) is 5.91 Å². The fourth-order valence-corrected chi connectivity index (χ4v) is 3.08. The summed E-state index contributed by atoms with van der Waals surface area (Å²) in [5.74, 6) is 0.754. The first-order valence-electron chi connectivity index (χ1n) is 7.19. The SMILES string of the molecule is O=C(N[C@H]1c2ccccc2C[C@H]1O)c1cccc2c1OCO2. The molecule has 2 aromatic rings. The summed E-state index contributed by atoms with van der Waals surface area (Å²) >= 11 is 0. The highest BCUT2D eigenvalue weighted by atomic mass is 16.7. The van der Waals surface area contributed by atoms with E-state index in [0.29, 0.717) is 23.5 Å². The first kappa shape index (κ1) is 13.2. The van der Waals surface area contributed by atoms with Gasteiger partial charge in [0.1, 0.15) is 0 Å². The molecule has 0 spiro atoms. The van der Waals surface area contributed by atoms with Gasteiger partial charge in [-0.15, -0.1) is 0 Å².